The van der Waals surface area contributed by atoms with Crippen LogP contribution < -0.4 is 5.73 Å². The van der Waals surface area contributed by atoms with E-state index in [9.17, 15) is 0 Å². The number of nitrogens with zero attached hydrogens (tertiary/aromatic N) is 1. The molecule has 0 bridgehead atoms. The summed E-state index contributed by atoms with van der Waals surface area (Å²) >= 11 is 1.63. The molecule has 0 amide bonds. The number of hydrogen-bond donors (Lipinski definition) is 1. The number of anilines is 1. The maximum absolute atomic E-state index is 6.01. The lowest BCUT2D eigenvalue weighted by Gasteiger charge is -2.03. The molecule has 78 valence electrons. The predicted octanol–water partition coefficient (Wildman–Crippen LogP) is 3.55. The van der Waals surface area contributed by atoms with E-state index < -0.39 is 0 Å². The van der Waals surface area contributed by atoms with E-state index in [0.29, 0.717) is 0 Å². The highest BCUT2D eigenvalue weighted by atomic mass is 32.1. The highest BCUT2D eigenvalue weighted by Gasteiger charge is 2.05. The van der Waals surface area contributed by atoms with Crippen molar-refractivity contribution in [1.82, 2.24) is 4.98 Å². The topological polar surface area (TPSA) is 38.9 Å². The summed E-state index contributed by atoms with van der Waals surface area (Å²) in [6, 6.07) is 14.0. The molecule has 2 heterocycles. The minimum absolute atomic E-state index is 0.804. The van der Waals surface area contributed by atoms with Crippen molar-refractivity contribution in [1.29, 1.82) is 0 Å². The summed E-state index contributed by atoms with van der Waals surface area (Å²) in [6.07, 6.45) is 0. The third kappa shape index (κ3) is 1.46. The second-order valence-electron chi connectivity index (χ2n) is 3.60. The normalized spacial score (nSPS) is 10.8. The second kappa shape index (κ2) is 3.61. The number of benzene rings is 1. The van der Waals surface area contributed by atoms with Gasteiger partial charge in [-0.05, 0) is 17.5 Å². The summed E-state index contributed by atoms with van der Waals surface area (Å²) in [5.74, 6) is 0. The summed E-state index contributed by atoms with van der Waals surface area (Å²) in [7, 11) is 0. The first-order chi connectivity index (χ1) is 7.84. The van der Waals surface area contributed by atoms with Crippen molar-refractivity contribution >= 4 is 27.2 Å². The highest BCUT2D eigenvalue weighted by Crippen LogP contribution is 2.29. The molecule has 0 aliphatic carbocycles. The molecular formula is C13H10N2S. The van der Waals surface area contributed by atoms with Gasteiger partial charge in [-0.2, -0.15) is 0 Å². The van der Waals surface area contributed by atoms with Crippen LogP contribution in [0.15, 0.2) is 47.8 Å². The Hall–Kier alpha value is -1.87. The molecule has 0 aliphatic heterocycles. The molecule has 16 heavy (non-hydrogen) atoms. The summed E-state index contributed by atoms with van der Waals surface area (Å²) in [5, 5.41) is 2.02. The molecule has 3 heteroatoms. The van der Waals surface area contributed by atoms with Crippen molar-refractivity contribution in [2.24, 2.45) is 0 Å². The van der Waals surface area contributed by atoms with Gasteiger partial charge in [0.1, 0.15) is 0 Å². The quantitative estimate of drug-likeness (QED) is 0.689. The zero-order valence-electron chi connectivity index (χ0n) is 8.55. The highest BCUT2D eigenvalue weighted by molar-refractivity contribution is 7.17. The molecule has 0 fully saturated rings. The Kier molecular flexibility index (Phi) is 2.11. The summed E-state index contributed by atoms with van der Waals surface area (Å²) in [6.45, 7) is 0. The first kappa shape index (κ1) is 9.36. The Balaban J connectivity index is 2.25. The molecule has 3 rings (SSSR count). The zero-order valence-corrected chi connectivity index (χ0v) is 9.37. The number of nitrogen functional groups attached to an aromatic ring is 1. The van der Waals surface area contributed by atoms with Gasteiger partial charge in [-0.3, -0.25) is 0 Å². The third-order valence-corrected chi connectivity index (χ3v) is 3.46. The fourth-order valence-electron chi connectivity index (χ4n) is 1.74. The molecule has 1 aromatic carbocycles. The minimum atomic E-state index is 0.804. The van der Waals surface area contributed by atoms with E-state index in [1.54, 1.807) is 11.3 Å². The maximum atomic E-state index is 6.01. The molecule has 0 unspecified atom stereocenters. The number of hydrogen-bond acceptors (Lipinski definition) is 3. The van der Waals surface area contributed by atoms with Crippen LogP contribution in [-0.2, 0) is 0 Å². The lowest BCUT2D eigenvalue weighted by atomic mass is 10.1. The van der Waals surface area contributed by atoms with Gasteiger partial charge in [0.2, 0.25) is 0 Å². The molecule has 0 aliphatic rings. The Morgan fingerprint density at radius 3 is 2.69 bits per heavy atom. The minimum Gasteiger partial charge on any atom is -0.397 e. The van der Waals surface area contributed by atoms with Gasteiger partial charge >= 0.3 is 0 Å². The van der Waals surface area contributed by atoms with Crippen molar-refractivity contribution in [3.05, 3.63) is 47.8 Å². The summed E-state index contributed by atoms with van der Waals surface area (Å²) < 4.78 is 1.07. The first-order valence-corrected chi connectivity index (χ1v) is 5.92. The number of nitrogens with two attached hydrogens (primary N) is 1. The number of aromatic nitrogens is 1. The van der Waals surface area contributed by atoms with Gasteiger partial charge in [-0.15, -0.1) is 11.3 Å². The van der Waals surface area contributed by atoms with Gasteiger partial charge in [-0.1, -0.05) is 30.3 Å². The third-order valence-electron chi connectivity index (χ3n) is 2.51. The van der Waals surface area contributed by atoms with Crippen molar-refractivity contribution < 1.29 is 0 Å². The van der Waals surface area contributed by atoms with Crippen LogP contribution in [-0.4, -0.2) is 4.98 Å². The SMILES string of the molecule is Nc1cc(-c2ccccc2)nc2ccsc12. The summed E-state index contributed by atoms with van der Waals surface area (Å²) in [5.41, 5.74) is 9.82. The molecule has 2 nitrogen and oxygen atoms in total. The molecular weight excluding hydrogens is 216 g/mol. The average Bonchev–Trinajstić information content (AvgIpc) is 2.79. The van der Waals surface area contributed by atoms with E-state index in [4.69, 9.17) is 5.73 Å². The molecule has 0 spiro atoms. The molecule has 3 aromatic rings. The van der Waals surface area contributed by atoms with E-state index in [0.717, 1.165) is 27.2 Å². The number of fused-ring (bicyclic) bond motifs is 1. The lowest BCUT2D eigenvalue weighted by Crippen LogP contribution is -1.89. The molecule has 2 N–H and O–H groups in total. The zero-order chi connectivity index (χ0) is 11.0. The van der Waals surface area contributed by atoms with Crippen LogP contribution in [0.1, 0.15) is 0 Å². The predicted molar refractivity (Wildman–Crippen MR) is 69.5 cm³/mol. The maximum Gasteiger partial charge on any atom is 0.0838 e. The number of pyridine rings is 1. The van der Waals surface area contributed by atoms with Crippen molar-refractivity contribution in [3.63, 3.8) is 0 Å². The van der Waals surface area contributed by atoms with E-state index >= 15 is 0 Å². The van der Waals surface area contributed by atoms with Crippen LogP contribution in [0.25, 0.3) is 21.5 Å². The van der Waals surface area contributed by atoms with Gasteiger partial charge in [0.25, 0.3) is 0 Å². The van der Waals surface area contributed by atoms with Gasteiger partial charge in [0, 0.05) is 5.56 Å². The molecule has 0 saturated carbocycles. The van der Waals surface area contributed by atoms with E-state index in [1.165, 1.54) is 0 Å². The molecule has 0 saturated heterocycles. The fourth-order valence-corrected chi connectivity index (χ4v) is 2.50. The Labute approximate surface area is 97.4 Å². The van der Waals surface area contributed by atoms with Crippen LogP contribution in [0.5, 0.6) is 0 Å². The first-order valence-electron chi connectivity index (χ1n) is 5.04. The van der Waals surface area contributed by atoms with E-state index in [-0.39, 0.29) is 0 Å². The summed E-state index contributed by atoms with van der Waals surface area (Å²) in [4.78, 5) is 4.60. The molecule has 2 aromatic heterocycles. The Morgan fingerprint density at radius 1 is 1.06 bits per heavy atom. The van der Waals surface area contributed by atoms with E-state index in [2.05, 4.69) is 4.98 Å². The standard InChI is InChI=1S/C13H10N2S/c14-10-8-12(9-4-2-1-3-5-9)15-11-6-7-16-13(10)11/h1-8H,(H2,14,15). The van der Waals surface area contributed by atoms with Gasteiger partial charge < -0.3 is 5.73 Å². The number of rotatable bonds is 1. The monoisotopic (exact) mass is 226 g/mol. The van der Waals surface area contributed by atoms with Crippen LogP contribution in [0.4, 0.5) is 5.69 Å². The van der Waals surface area contributed by atoms with Crippen LogP contribution in [0.2, 0.25) is 0 Å². The largest absolute Gasteiger partial charge is 0.397 e. The molecule has 0 radical (unpaired) electrons. The van der Waals surface area contributed by atoms with Crippen molar-refractivity contribution in [3.8, 4) is 11.3 Å². The van der Waals surface area contributed by atoms with Gasteiger partial charge in [0.05, 0.1) is 21.6 Å². The van der Waals surface area contributed by atoms with Gasteiger partial charge in [0.15, 0.2) is 0 Å². The smallest absolute Gasteiger partial charge is 0.0838 e. The van der Waals surface area contributed by atoms with Gasteiger partial charge in [-0.25, -0.2) is 4.98 Å². The van der Waals surface area contributed by atoms with Crippen LogP contribution >= 0.6 is 11.3 Å². The van der Waals surface area contributed by atoms with Crippen LogP contribution in [0.3, 0.4) is 0 Å². The fraction of sp³-hybridized carbons (Fsp3) is 0. The average molecular weight is 226 g/mol. The van der Waals surface area contributed by atoms with Crippen molar-refractivity contribution in [2.75, 3.05) is 5.73 Å². The molecule has 0 atom stereocenters. The Bertz CT molecular complexity index is 629. The Morgan fingerprint density at radius 2 is 1.88 bits per heavy atom. The van der Waals surface area contributed by atoms with Crippen LogP contribution in [0, 0.1) is 0 Å². The second-order valence-corrected chi connectivity index (χ2v) is 4.51. The van der Waals surface area contributed by atoms with Crippen molar-refractivity contribution in [2.45, 2.75) is 0 Å². The van der Waals surface area contributed by atoms with E-state index in [1.807, 2.05) is 47.8 Å². The number of thiophene rings is 1. The lowest BCUT2D eigenvalue weighted by molar-refractivity contribution is 1.41.